The molecule has 1 saturated carbocycles. The number of aliphatic hydroxyl groups is 1. The number of nitrogens with zero attached hydrogens (tertiary/aromatic N) is 4. The van der Waals surface area contributed by atoms with E-state index in [0.29, 0.717) is 12.5 Å². The molecule has 164 valence electrons. The van der Waals surface area contributed by atoms with E-state index in [-0.39, 0.29) is 0 Å². The highest BCUT2D eigenvalue weighted by Crippen LogP contribution is 2.39. The maximum atomic E-state index is 10.1. The standard InChI is InChI=1S/C25H28N6O/c1-4-5-19-12-20(28-15-25(2,3)32)24-27-14-22(31(24)30-19)17-8-6-16(7-9-17)21-13-26-23(29-21)18-10-11-18/h4-9,12-14,18,28,32H,10-11,15H2,1-3H3,(H,26,29). The lowest BCUT2D eigenvalue weighted by Gasteiger charge is -2.19. The minimum atomic E-state index is -0.835. The Morgan fingerprint density at radius 1 is 1.16 bits per heavy atom. The van der Waals surface area contributed by atoms with Gasteiger partial charge in [0.05, 0.1) is 40.8 Å². The van der Waals surface area contributed by atoms with E-state index in [1.807, 2.05) is 42.1 Å². The third-order valence-electron chi connectivity index (χ3n) is 5.59. The predicted molar refractivity (Wildman–Crippen MR) is 127 cm³/mol. The Labute approximate surface area is 187 Å². The monoisotopic (exact) mass is 428 g/mol. The summed E-state index contributed by atoms with van der Waals surface area (Å²) in [5, 5.41) is 18.2. The Morgan fingerprint density at radius 2 is 1.91 bits per heavy atom. The van der Waals surface area contributed by atoms with Gasteiger partial charge in [0, 0.05) is 18.0 Å². The molecule has 0 unspecified atom stereocenters. The zero-order chi connectivity index (χ0) is 22.3. The van der Waals surface area contributed by atoms with Crippen LogP contribution in [0.15, 0.2) is 48.8 Å². The van der Waals surface area contributed by atoms with Crippen molar-refractivity contribution in [3.8, 4) is 22.5 Å². The summed E-state index contributed by atoms with van der Waals surface area (Å²) in [6.07, 6.45) is 10.1. The van der Waals surface area contributed by atoms with Crippen LogP contribution in [0.5, 0.6) is 0 Å². The molecule has 5 rings (SSSR count). The fraction of sp³-hybridized carbons (Fsp3) is 0.320. The van der Waals surface area contributed by atoms with Crippen LogP contribution in [0.3, 0.4) is 0 Å². The lowest BCUT2D eigenvalue weighted by Crippen LogP contribution is -2.29. The Bertz CT molecular complexity index is 1270. The van der Waals surface area contributed by atoms with Crippen molar-refractivity contribution in [3.05, 3.63) is 60.3 Å². The Balaban J connectivity index is 1.49. The number of benzene rings is 1. The van der Waals surface area contributed by atoms with Crippen LogP contribution < -0.4 is 5.32 Å². The molecule has 0 atom stereocenters. The molecule has 0 bridgehead atoms. The number of imidazole rings is 2. The van der Waals surface area contributed by atoms with Crippen molar-refractivity contribution in [2.75, 3.05) is 11.9 Å². The third kappa shape index (κ3) is 4.16. The van der Waals surface area contributed by atoms with Gasteiger partial charge in [-0.05, 0) is 51.3 Å². The van der Waals surface area contributed by atoms with Crippen LogP contribution in [0.25, 0.3) is 34.2 Å². The minimum absolute atomic E-state index is 0.409. The van der Waals surface area contributed by atoms with E-state index in [1.165, 1.54) is 12.8 Å². The van der Waals surface area contributed by atoms with E-state index < -0.39 is 5.60 Å². The first-order valence-corrected chi connectivity index (χ1v) is 11.0. The number of H-pyrrole nitrogens is 1. The second kappa shape index (κ2) is 7.91. The van der Waals surface area contributed by atoms with Crippen LogP contribution >= 0.6 is 0 Å². The molecule has 1 aliphatic rings. The topological polar surface area (TPSA) is 91.1 Å². The first-order chi connectivity index (χ1) is 15.4. The summed E-state index contributed by atoms with van der Waals surface area (Å²) in [7, 11) is 0. The first kappa shape index (κ1) is 20.5. The van der Waals surface area contributed by atoms with Gasteiger partial charge in [0.1, 0.15) is 5.82 Å². The molecule has 0 radical (unpaired) electrons. The number of hydrogen-bond acceptors (Lipinski definition) is 5. The molecular formula is C25H28N6O. The molecular weight excluding hydrogens is 400 g/mol. The number of anilines is 1. The van der Waals surface area contributed by atoms with Gasteiger partial charge < -0.3 is 15.4 Å². The zero-order valence-electron chi connectivity index (χ0n) is 18.6. The molecule has 0 spiro atoms. The van der Waals surface area contributed by atoms with Crippen molar-refractivity contribution in [3.63, 3.8) is 0 Å². The van der Waals surface area contributed by atoms with Crippen molar-refractivity contribution >= 4 is 17.4 Å². The molecule has 1 fully saturated rings. The average molecular weight is 429 g/mol. The highest BCUT2D eigenvalue weighted by Gasteiger charge is 2.26. The number of aromatic amines is 1. The van der Waals surface area contributed by atoms with E-state index in [9.17, 15) is 5.11 Å². The normalized spacial score (nSPS) is 14.5. The highest BCUT2D eigenvalue weighted by molar-refractivity contribution is 5.75. The zero-order valence-corrected chi connectivity index (χ0v) is 18.6. The summed E-state index contributed by atoms with van der Waals surface area (Å²) >= 11 is 0. The lowest BCUT2D eigenvalue weighted by molar-refractivity contribution is 0.0945. The number of aromatic nitrogens is 5. The van der Waals surface area contributed by atoms with Crippen LogP contribution in [0.4, 0.5) is 5.69 Å². The maximum absolute atomic E-state index is 10.1. The van der Waals surface area contributed by atoms with Crippen molar-refractivity contribution in [1.29, 1.82) is 0 Å². The molecule has 3 N–H and O–H groups in total. The molecule has 7 nitrogen and oxygen atoms in total. The van der Waals surface area contributed by atoms with Crippen LogP contribution in [-0.2, 0) is 0 Å². The summed E-state index contributed by atoms with van der Waals surface area (Å²) in [5.41, 5.74) is 5.64. The number of fused-ring (bicyclic) bond motifs is 1. The molecule has 0 aliphatic heterocycles. The van der Waals surface area contributed by atoms with Crippen LogP contribution in [-0.4, -0.2) is 41.8 Å². The SMILES string of the molecule is CC=Cc1cc(NCC(C)(C)O)c2ncc(-c3ccc(-c4cnc(C5CC5)[nH]4)cc3)n2n1. The number of nitrogens with one attached hydrogen (secondary N) is 2. The predicted octanol–water partition coefficient (Wildman–Crippen LogP) is 4.88. The smallest absolute Gasteiger partial charge is 0.177 e. The van der Waals surface area contributed by atoms with Gasteiger partial charge in [-0.25, -0.2) is 14.5 Å². The van der Waals surface area contributed by atoms with Gasteiger partial charge in [-0.2, -0.15) is 5.10 Å². The van der Waals surface area contributed by atoms with Gasteiger partial charge >= 0.3 is 0 Å². The highest BCUT2D eigenvalue weighted by atomic mass is 16.3. The Morgan fingerprint density at radius 3 is 2.59 bits per heavy atom. The number of hydrogen-bond donors (Lipinski definition) is 3. The minimum Gasteiger partial charge on any atom is -0.389 e. The van der Waals surface area contributed by atoms with Crippen molar-refractivity contribution in [2.24, 2.45) is 0 Å². The van der Waals surface area contributed by atoms with Gasteiger partial charge in [0.15, 0.2) is 5.65 Å². The van der Waals surface area contributed by atoms with E-state index in [2.05, 4.69) is 44.5 Å². The fourth-order valence-corrected chi connectivity index (χ4v) is 3.75. The molecule has 1 aromatic carbocycles. The summed E-state index contributed by atoms with van der Waals surface area (Å²) in [6.45, 7) is 5.92. The van der Waals surface area contributed by atoms with Gasteiger partial charge in [-0.15, -0.1) is 0 Å². The molecule has 1 aliphatic carbocycles. The molecule has 0 saturated heterocycles. The second-order valence-corrected chi connectivity index (χ2v) is 9.06. The second-order valence-electron chi connectivity index (χ2n) is 9.06. The van der Waals surface area contributed by atoms with E-state index in [1.54, 1.807) is 13.8 Å². The molecule has 3 aromatic heterocycles. The van der Waals surface area contributed by atoms with Crippen LogP contribution in [0.1, 0.15) is 51.0 Å². The fourth-order valence-electron chi connectivity index (χ4n) is 3.75. The van der Waals surface area contributed by atoms with Crippen LogP contribution in [0, 0.1) is 0 Å². The number of allylic oxidation sites excluding steroid dienone is 1. The Hall–Kier alpha value is -3.45. The van der Waals surface area contributed by atoms with Gasteiger partial charge in [-0.1, -0.05) is 30.3 Å². The molecule has 0 amide bonds. The van der Waals surface area contributed by atoms with E-state index in [0.717, 1.165) is 45.4 Å². The summed E-state index contributed by atoms with van der Waals surface area (Å²) < 4.78 is 1.86. The molecule has 7 heteroatoms. The average Bonchev–Trinajstić information content (AvgIpc) is 3.34. The first-order valence-electron chi connectivity index (χ1n) is 11.0. The van der Waals surface area contributed by atoms with Gasteiger partial charge in [0.2, 0.25) is 0 Å². The molecule has 32 heavy (non-hydrogen) atoms. The van der Waals surface area contributed by atoms with E-state index in [4.69, 9.17) is 5.10 Å². The third-order valence-corrected chi connectivity index (χ3v) is 5.59. The van der Waals surface area contributed by atoms with Crippen molar-refractivity contribution in [2.45, 2.75) is 45.1 Å². The van der Waals surface area contributed by atoms with Crippen molar-refractivity contribution < 1.29 is 5.11 Å². The molecule has 3 heterocycles. The Kier molecular flexibility index (Phi) is 5.06. The largest absolute Gasteiger partial charge is 0.389 e. The van der Waals surface area contributed by atoms with E-state index >= 15 is 0 Å². The quantitative estimate of drug-likeness (QED) is 0.390. The summed E-state index contributed by atoms with van der Waals surface area (Å²) in [5.74, 6) is 1.70. The van der Waals surface area contributed by atoms with Crippen molar-refractivity contribution in [1.82, 2.24) is 24.6 Å². The summed E-state index contributed by atoms with van der Waals surface area (Å²) in [4.78, 5) is 12.6. The maximum Gasteiger partial charge on any atom is 0.177 e. The van der Waals surface area contributed by atoms with Gasteiger partial charge in [-0.3, -0.25) is 0 Å². The lowest BCUT2D eigenvalue weighted by atomic mass is 10.1. The number of rotatable bonds is 7. The van der Waals surface area contributed by atoms with Crippen LogP contribution in [0.2, 0.25) is 0 Å². The van der Waals surface area contributed by atoms with Gasteiger partial charge in [0.25, 0.3) is 0 Å². The summed E-state index contributed by atoms with van der Waals surface area (Å²) in [6, 6.07) is 10.3. The molecule has 4 aromatic rings.